The third kappa shape index (κ3) is 3.52. The molecule has 0 radical (unpaired) electrons. The molecule has 0 saturated carbocycles. The Morgan fingerprint density at radius 2 is 1.95 bits per heavy atom. The van der Waals surface area contributed by atoms with Crippen LogP contribution in [0.2, 0.25) is 0 Å². The molecule has 2 heterocycles. The summed E-state index contributed by atoms with van der Waals surface area (Å²) >= 11 is 1.80. The summed E-state index contributed by atoms with van der Waals surface area (Å²) in [5, 5.41) is 2.12. The summed E-state index contributed by atoms with van der Waals surface area (Å²) in [6.45, 7) is 6.57. The molecule has 0 bridgehead atoms. The molecule has 0 unspecified atom stereocenters. The lowest BCUT2D eigenvalue weighted by Gasteiger charge is -2.34. The Kier molecular flexibility index (Phi) is 4.36. The smallest absolute Gasteiger partial charge is 0.253 e. The zero-order valence-electron chi connectivity index (χ0n) is 12.3. The lowest BCUT2D eigenvalue weighted by molar-refractivity contribution is 0.0629. The first-order chi connectivity index (χ1) is 10.2. The molecular formula is C17H20N2OS. The maximum atomic E-state index is 12.5. The van der Waals surface area contributed by atoms with Crippen LogP contribution < -0.4 is 0 Å². The number of hydrogen-bond acceptors (Lipinski definition) is 3. The predicted octanol–water partition coefficient (Wildman–Crippen LogP) is 3.01. The van der Waals surface area contributed by atoms with Crippen LogP contribution in [0.15, 0.2) is 41.8 Å². The second kappa shape index (κ2) is 6.41. The van der Waals surface area contributed by atoms with Gasteiger partial charge in [0.2, 0.25) is 0 Å². The van der Waals surface area contributed by atoms with Crippen LogP contribution in [0, 0.1) is 6.92 Å². The summed E-state index contributed by atoms with van der Waals surface area (Å²) in [6, 6.07) is 12.1. The van der Waals surface area contributed by atoms with Gasteiger partial charge in [0.1, 0.15) is 0 Å². The van der Waals surface area contributed by atoms with Crippen LogP contribution in [0.1, 0.15) is 20.8 Å². The third-order valence-electron chi connectivity index (χ3n) is 3.88. The van der Waals surface area contributed by atoms with Gasteiger partial charge in [-0.15, -0.1) is 11.3 Å². The number of rotatable bonds is 3. The van der Waals surface area contributed by atoms with Crippen LogP contribution in [0.25, 0.3) is 0 Å². The van der Waals surface area contributed by atoms with Crippen LogP contribution in [-0.4, -0.2) is 41.9 Å². The second-order valence-corrected chi connectivity index (χ2v) is 6.55. The SMILES string of the molecule is Cc1cccc(C(=O)N2CCN(Cc3cccs3)CC2)c1. The highest BCUT2D eigenvalue weighted by Gasteiger charge is 2.22. The van der Waals surface area contributed by atoms with Crippen molar-refractivity contribution in [1.82, 2.24) is 9.80 Å². The number of amides is 1. The first-order valence-electron chi connectivity index (χ1n) is 7.33. The van der Waals surface area contributed by atoms with Crippen LogP contribution in [0.3, 0.4) is 0 Å². The number of benzene rings is 1. The number of nitrogens with zero attached hydrogens (tertiary/aromatic N) is 2. The molecule has 0 aliphatic carbocycles. The first kappa shape index (κ1) is 14.3. The fourth-order valence-corrected chi connectivity index (χ4v) is 3.44. The minimum absolute atomic E-state index is 0.162. The molecule has 3 nitrogen and oxygen atoms in total. The third-order valence-corrected chi connectivity index (χ3v) is 4.75. The number of piperazine rings is 1. The van der Waals surface area contributed by atoms with E-state index in [4.69, 9.17) is 0 Å². The van der Waals surface area contributed by atoms with E-state index >= 15 is 0 Å². The maximum absolute atomic E-state index is 12.5. The molecule has 1 fully saturated rings. The highest BCUT2D eigenvalue weighted by molar-refractivity contribution is 7.09. The lowest BCUT2D eigenvalue weighted by Crippen LogP contribution is -2.48. The summed E-state index contributed by atoms with van der Waals surface area (Å²) in [5.74, 6) is 0.162. The number of hydrogen-bond donors (Lipinski definition) is 0. The summed E-state index contributed by atoms with van der Waals surface area (Å²) in [5.41, 5.74) is 1.94. The Morgan fingerprint density at radius 1 is 1.14 bits per heavy atom. The summed E-state index contributed by atoms with van der Waals surface area (Å²) in [4.78, 5) is 18.3. The van der Waals surface area contributed by atoms with E-state index in [2.05, 4.69) is 22.4 Å². The molecule has 4 heteroatoms. The van der Waals surface area contributed by atoms with Gasteiger partial charge in [0, 0.05) is 43.2 Å². The van der Waals surface area contributed by atoms with E-state index in [-0.39, 0.29) is 5.91 Å². The summed E-state index contributed by atoms with van der Waals surface area (Å²) in [7, 11) is 0. The van der Waals surface area contributed by atoms with E-state index in [1.807, 2.05) is 36.1 Å². The van der Waals surface area contributed by atoms with E-state index < -0.39 is 0 Å². The van der Waals surface area contributed by atoms with Crippen molar-refractivity contribution in [3.05, 3.63) is 57.8 Å². The van der Waals surface area contributed by atoms with E-state index in [0.717, 1.165) is 43.9 Å². The Balaban J connectivity index is 1.57. The van der Waals surface area contributed by atoms with Gasteiger partial charge in [-0.25, -0.2) is 0 Å². The zero-order chi connectivity index (χ0) is 14.7. The van der Waals surface area contributed by atoms with Crippen molar-refractivity contribution in [2.24, 2.45) is 0 Å². The Bertz CT molecular complexity index is 601. The Hall–Kier alpha value is -1.65. The monoisotopic (exact) mass is 300 g/mol. The van der Waals surface area contributed by atoms with Gasteiger partial charge in [0.05, 0.1) is 0 Å². The number of carbonyl (C=O) groups is 1. The Labute approximate surface area is 129 Å². The lowest BCUT2D eigenvalue weighted by atomic mass is 10.1. The number of thiophene rings is 1. The topological polar surface area (TPSA) is 23.6 Å². The van der Waals surface area contributed by atoms with E-state index in [0.29, 0.717) is 0 Å². The molecule has 0 N–H and O–H groups in total. The van der Waals surface area contributed by atoms with Crippen molar-refractivity contribution in [3.8, 4) is 0 Å². The van der Waals surface area contributed by atoms with Gasteiger partial charge in [-0.2, -0.15) is 0 Å². The fraction of sp³-hybridized carbons (Fsp3) is 0.353. The average molecular weight is 300 g/mol. The van der Waals surface area contributed by atoms with E-state index in [9.17, 15) is 4.79 Å². The second-order valence-electron chi connectivity index (χ2n) is 5.52. The molecule has 1 aromatic carbocycles. The van der Waals surface area contributed by atoms with Crippen molar-refractivity contribution < 1.29 is 4.79 Å². The quantitative estimate of drug-likeness (QED) is 0.870. The summed E-state index contributed by atoms with van der Waals surface area (Å²) in [6.07, 6.45) is 0. The van der Waals surface area contributed by atoms with Crippen LogP contribution >= 0.6 is 11.3 Å². The highest BCUT2D eigenvalue weighted by atomic mass is 32.1. The summed E-state index contributed by atoms with van der Waals surface area (Å²) < 4.78 is 0. The molecule has 110 valence electrons. The number of carbonyl (C=O) groups excluding carboxylic acids is 1. The minimum Gasteiger partial charge on any atom is -0.336 e. The van der Waals surface area contributed by atoms with E-state index in [1.54, 1.807) is 11.3 Å². The molecule has 1 aliphatic heterocycles. The van der Waals surface area contributed by atoms with Crippen molar-refractivity contribution >= 4 is 17.2 Å². The average Bonchev–Trinajstić information content (AvgIpc) is 3.00. The standard InChI is InChI=1S/C17H20N2OS/c1-14-4-2-5-15(12-14)17(20)19-9-7-18(8-10-19)13-16-6-3-11-21-16/h2-6,11-12H,7-10,13H2,1H3. The van der Waals surface area contributed by atoms with Gasteiger partial charge in [-0.1, -0.05) is 23.8 Å². The Morgan fingerprint density at radius 3 is 2.62 bits per heavy atom. The molecule has 21 heavy (non-hydrogen) atoms. The number of aryl methyl sites for hydroxylation is 1. The van der Waals surface area contributed by atoms with Gasteiger partial charge in [-0.3, -0.25) is 9.69 Å². The zero-order valence-corrected chi connectivity index (χ0v) is 13.1. The van der Waals surface area contributed by atoms with E-state index in [1.165, 1.54) is 4.88 Å². The highest BCUT2D eigenvalue weighted by Crippen LogP contribution is 2.15. The van der Waals surface area contributed by atoms with Gasteiger partial charge in [0.25, 0.3) is 5.91 Å². The van der Waals surface area contributed by atoms with Crippen LogP contribution in [0.5, 0.6) is 0 Å². The van der Waals surface area contributed by atoms with Crippen molar-refractivity contribution in [2.75, 3.05) is 26.2 Å². The normalized spacial score (nSPS) is 16.1. The van der Waals surface area contributed by atoms with Gasteiger partial charge in [0.15, 0.2) is 0 Å². The predicted molar refractivity (Wildman–Crippen MR) is 86.7 cm³/mol. The van der Waals surface area contributed by atoms with Crippen molar-refractivity contribution in [1.29, 1.82) is 0 Å². The molecule has 1 saturated heterocycles. The molecular weight excluding hydrogens is 280 g/mol. The van der Waals surface area contributed by atoms with Crippen molar-refractivity contribution in [3.63, 3.8) is 0 Å². The molecule has 2 aromatic rings. The van der Waals surface area contributed by atoms with Crippen molar-refractivity contribution in [2.45, 2.75) is 13.5 Å². The first-order valence-corrected chi connectivity index (χ1v) is 8.21. The van der Waals surface area contributed by atoms with Crippen LogP contribution in [-0.2, 0) is 6.54 Å². The van der Waals surface area contributed by atoms with Gasteiger partial charge in [-0.05, 0) is 30.5 Å². The molecule has 1 aliphatic rings. The molecule has 0 spiro atoms. The largest absolute Gasteiger partial charge is 0.336 e. The minimum atomic E-state index is 0.162. The molecule has 1 amide bonds. The molecule has 3 rings (SSSR count). The molecule has 1 aromatic heterocycles. The molecule has 0 atom stereocenters. The van der Waals surface area contributed by atoms with Gasteiger partial charge >= 0.3 is 0 Å². The van der Waals surface area contributed by atoms with Gasteiger partial charge < -0.3 is 4.90 Å². The maximum Gasteiger partial charge on any atom is 0.253 e. The fourth-order valence-electron chi connectivity index (χ4n) is 2.69. The van der Waals surface area contributed by atoms with Crippen LogP contribution in [0.4, 0.5) is 0 Å².